The molecule has 18 heavy (non-hydrogen) atoms. The lowest BCUT2D eigenvalue weighted by atomic mass is 10.1. The number of hydrogen-bond donors (Lipinski definition) is 1. The van der Waals surface area contributed by atoms with Crippen LogP contribution in [0.2, 0.25) is 0 Å². The zero-order chi connectivity index (χ0) is 13.1. The molecule has 0 spiro atoms. The van der Waals surface area contributed by atoms with E-state index in [1.165, 1.54) is 0 Å². The fraction of sp³-hybridized carbons (Fsp3) is 0.231. The van der Waals surface area contributed by atoms with Crippen molar-refractivity contribution in [3.05, 3.63) is 45.8 Å². The molecule has 1 aromatic heterocycles. The first kappa shape index (κ1) is 12.8. The second-order valence-electron chi connectivity index (χ2n) is 3.93. The van der Waals surface area contributed by atoms with E-state index in [-0.39, 0.29) is 11.6 Å². The molecule has 0 saturated heterocycles. The van der Waals surface area contributed by atoms with Crippen molar-refractivity contribution in [3.8, 4) is 0 Å². The third kappa shape index (κ3) is 2.79. The van der Waals surface area contributed by atoms with E-state index < -0.39 is 0 Å². The lowest BCUT2D eigenvalue weighted by molar-refractivity contribution is 0.101. The molecule has 2 aromatic rings. The SMILES string of the molecule is CCc1cc(Br)ccc1NC(=O)c1cc(C)on1. The van der Waals surface area contributed by atoms with Crippen LogP contribution in [-0.2, 0) is 6.42 Å². The summed E-state index contributed by atoms with van der Waals surface area (Å²) in [6.45, 7) is 3.79. The van der Waals surface area contributed by atoms with Gasteiger partial charge in [-0.05, 0) is 37.1 Å². The topological polar surface area (TPSA) is 55.1 Å². The van der Waals surface area contributed by atoms with E-state index in [9.17, 15) is 4.79 Å². The van der Waals surface area contributed by atoms with Crippen molar-refractivity contribution in [2.24, 2.45) is 0 Å². The van der Waals surface area contributed by atoms with Crippen LogP contribution in [0.3, 0.4) is 0 Å². The summed E-state index contributed by atoms with van der Waals surface area (Å²) in [5.74, 6) is 0.357. The standard InChI is InChI=1S/C13H13BrN2O2/c1-3-9-7-10(14)4-5-11(9)15-13(17)12-6-8(2)18-16-12/h4-7H,3H2,1-2H3,(H,15,17). The number of hydrogen-bond acceptors (Lipinski definition) is 3. The van der Waals surface area contributed by atoms with Crippen LogP contribution in [0.25, 0.3) is 0 Å². The Morgan fingerprint density at radius 2 is 2.22 bits per heavy atom. The smallest absolute Gasteiger partial charge is 0.277 e. The summed E-state index contributed by atoms with van der Waals surface area (Å²) < 4.78 is 5.88. The minimum Gasteiger partial charge on any atom is -0.361 e. The first-order chi connectivity index (χ1) is 8.60. The molecule has 0 aliphatic heterocycles. The Bertz CT molecular complexity index is 578. The highest BCUT2D eigenvalue weighted by Crippen LogP contribution is 2.22. The number of aromatic nitrogens is 1. The van der Waals surface area contributed by atoms with Crippen LogP contribution < -0.4 is 5.32 Å². The van der Waals surface area contributed by atoms with Gasteiger partial charge < -0.3 is 9.84 Å². The average molecular weight is 309 g/mol. The predicted octanol–water partition coefficient (Wildman–Crippen LogP) is 3.56. The lowest BCUT2D eigenvalue weighted by Gasteiger charge is -2.08. The molecule has 94 valence electrons. The van der Waals surface area contributed by atoms with Crippen molar-refractivity contribution < 1.29 is 9.32 Å². The summed E-state index contributed by atoms with van der Waals surface area (Å²) in [6.07, 6.45) is 0.840. The van der Waals surface area contributed by atoms with Crippen molar-refractivity contribution in [3.63, 3.8) is 0 Å². The highest BCUT2D eigenvalue weighted by Gasteiger charge is 2.12. The number of amides is 1. The van der Waals surface area contributed by atoms with Gasteiger partial charge in [0.05, 0.1) is 0 Å². The number of nitrogens with one attached hydrogen (secondary N) is 1. The third-order valence-corrected chi connectivity index (χ3v) is 3.05. The minimum atomic E-state index is -0.260. The van der Waals surface area contributed by atoms with Crippen molar-refractivity contribution in [1.82, 2.24) is 5.16 Å². The number of nitrogens with zero attached hydrogens (tertiary/aromatic N) is 1. The first-order valence-electron chi connectivity index (χ1n) is 5.63. The zero-order valence-corrected chi connectivity index (χ0v) is 11.7. The summed E-state index contributed by atoms with van der Waals surface area (Å²) in [4.78, 5) is 11.9. The van der Waals surface area contributed by atoms with Crippen LogP contribution in [0, 0.1) is 6.92 Å². The van der Waals surface area contributed by atoms with Crippen LogP contribution in [0.15, 0.2) is 33.3 Å². The van der Waals surface area contributed by atoms with E-state index in [1.54, 1.807) is 13.0 Å². The van der Waals surface area contributed by atoms with E-state index in [1.807, 2.05) is 25.1 Å². The fourth-order valence-corrected chi connectivity index (χ4v) is 2.05. The number of benzene rings is 1. The molecular formula is C13H13BrN2O2. The summed E-state index contributed by atoms with van der Waals surface area (Å²) in [6, 6.07) is 7.36. The fourth-order valence-electron chi connectivity index (χ4n) is 1.64. The molecule has 0 saturated carbocycles. The highest BCUT2D eigenvalue weighted by molar-refractivity contribution is 9.10. The van der Waals surface area contributed by atoms with Gasteiger partial charge in [0.25, 0.3) is 5.91 Å². The van der Waals surface area contributed by atoms with Gasteiger partial charge in [-0.3, -0.25) is 4.79 Å². The molecule has 0 bridgehead atoms. The summed E-state index contributed by atoms with van der Waals surface area (Å²) in [5, 5.41) is 6.52. The maximum Gasteiger partial charge on any atom is 0.277 e. The van der Waals surface area contributed by atoms with Crippen LogP contribution in [0.4, 0.5) is 5.69 Å². The number of carbonyl (C=O) groups is 1. The number of aryl methyl sites for hydroxylation is 2. The quantitative estimate of drug-likeness (QED) is 0.943. The van der Waals surface area contributed by atoms with E-state index >= 15 is 0 Å². The predicted molar refractivity (Wildman–Crippen MR) is 72.7 cm³/mol. The van der Waals surface area contributed by atoms with Gasteiger partial charge in [0.1, 0.15) is 5.76 Å². The van der Waals surface area contributed by atoms with E-state index in [0.717, 1.165) is 22.1 Å². The monoisotopic (exact) mass is 308 g/mol. The van der Waals surface area contributed by atoms with Gasteiger partial charge >= 0.3 is 0 Å². The van der Waals surface area contributed by atoms with Gasteiger partial charge in [0.15, 0.2) is 5.69 Å². The molecule has 2 rings (SSSR count). The van der Waals surface area contributed by atoms with Crippen molar-refractivity contribution in [2.45, 2.75) is 20.3 Å². The Morgan fingerprint density at radius 3 is 2.83 bits per heavy atom. The molecule has 0 radical (unpaired) electrons. The van der Waals surface area contributed by atoms with Gasteiger partial charge in [-0.15, -0.1) is 0 Å². The molecule has 5 heteroatoms. The lowest BCUT2D eigenvalue weighted by Crippen LogP contribution is -2.13. The Balaban J connectivity index is 2.21. The highest BCUT2D eigenvalue weighted by atomic mass is 79.9. The molecule has 1 aromatic carbocycles. The summed E-state index contributed by atoms with van der Waals surface area (Å²) >= 11 is 3.41. The second-order valence-corrected chi connectivity index (χ2v) is 4.85. The molecule has 0 aliphatic rings. The van der Waals surface area contributed by atoms with Crippen molar-refractivity contribution >= 4 is 27.5 Å². The molecule has 0 atom stereocenters. The Kier molecular flexibility index (Phi) is 3.81. The molecule has 4 nitrogen and oxygen atoms in total. The van der Waals surface area contributed by atoms with Crippen molar-refractivity contribution in [1.29, 1.82) is 0 Å². The van der Waals surface area contributed by atoms with Crippen LogP contribution >= 0.6 is 15.9 Å². The van der Waals surface area contributed by atoms with Gasteiger partial charge in [-0.2, -0.15) is 0 Å². The number of rotatable bonds is 3. The zero-order valence-electron chi connectivity index (χ0n) is 10.2. The average Bonchev–Trinajstić information content (AvgIpc) is 2.78. The van der Waals surface area contributed by atoms with Gasteiger partial charge in [-0.1, -0.05) is 28.0 Å². The van der Waals surface area contributed by atoms with E-state index in [4.69, 9.17) is 4.52 Å². The molecule has 1 heterocycles. The van der Waals surface area contributed by atoms with E-state index in [2.05, 4.69) is 26.4 Å². The Labute approximate surface area is 113 Å². The molecular weight excluding hydrogens is 296 g/mol. The molecule has 0 unspecified atom stereocenters. The minimum absolute atomic E-state index is 0.260. The normalized spacial score (nSPS) is 10.4. The van der Waals surface area contributed by atoms with Crippen LogP contribution in [0.1, 0.15) is 28.7 Å². The van der Waals surface area contributed by atoms with Gasteiger partial charge in [0.2, 0.25) is 0 Å². The maximum atomic E-state index is 11.9. The Morgan fingerprint density at radius 1 is 1.44 bits per heavy atom. The Hall–Kier alpha value is -1.62. The van der Waals surface area contributed by atoms with Crippen LogP contribution in [-0.4, -0.2) is 11.1 Å². The van der Waals surface area contributed by atoms with Gasteiger partial charge in [0, 0.05) is 16.2 Å². The number of halogens is 1. The maximum absolute atomic E-state index is 11.9. The van der Waals surface area contributed by atoms with Crippen LogP contribution in [0.5, 0.6) is 0 Å². The summed E-state index contributed by atoms with van der Waals surface area (Å²) in [5.41, 5.74) is 2.15. The molecule has 0 fully saturated rings. The largest absolute Gasteiger partial charge is 0.361 e. The van der Waals surface area contributed by atoms with E-state index in [0.29, 0.717) is 5.76 Å². The molecule has 0 aliphatic carbocycles. The second kappa shape index (κ2) is 5.35. The first-order valence-corrected chi connectivity index (χ1v) is 6.42. The molecule has 1 amide bonds. The summed E-state index contributed by atoms with van der Waals surface area (Å²) in [7, 11) is 0. The molecule has 1 N–H and O–H groups in total. The number of carbonyl (C=O) groups excluding carboxylic acids is 1. The number of anilines is 1. The van der Waals surface area contributed by atoms with Crippen molar-refractivity contribution in [2.75, 3.05) is 5.32 Å². The third-order valence-electron chi connectivity index (χ3n) is 2.56. The van der Waals surface area contributed by atoms with Gasteiger partial charge in [-0.25, -0.2) is 0 Å².